The first-order chi connectivity index (χ1) is 14.4. The number of aliphatic hydroxyl groups excluding tert-OH is 1. The van der Waals surface area contributed by atoms with Crippen molar-refractivity contribution in [2.75, 3.05) is 18.4 Å². The van der Waals surface area contributed by atoms with Crippen LogP contribution in [0.5, 0.6) is 0 Å². The van der Waals surface area contributed by atoms with E-state index in [0.29, 0.717) is 37.1 Å². The van der Waals surface area contributed by atoms with Crippen molar-refractivity contribution in [3.05, 3.63) is 59.4 Å². The van der Waals surface area contributed by atoms with Crippen molar-refractivity contribution < 1.29 is 19.8 Å². The van der Waals surface area contributed by atoms with Crippen molar-refractivity contribution in [1.29, 1.82) is 0 Å². The van der Waals surface area contributed by atoms with Gasteiger partial charge in [0.05, 0.1) is 11.7 Å². The summed E-state index contributed by atoms with van der Waals surface area (Å²) in [7, 11) is 0. The summed E-state index contributed by atoms with van der Waals surface area (Å²) in [4.78, 5) is 24.7. The monoisotopic (exact) mass is 406 g/mol. The maximum Gasteiger partial charge on any atom is 0.407 e. The van der Waals surface area contributed by atoms with Gasteiger partial charge < -0.3 is 20.4 Å². The molecule has 1 aromatic heterocycles. The average molecular weight is 406 g/mol. The number of anilines is 1. The van der Waals surface area contributed by atoms with Gasteiger partial charge in [-0.1, -0.05) is 18.2 Å². The van der Waals surface area contributed by atoms with Gasteiger partial charge in [0.15, 0.2) is 0 Å². The van der Waals surface area contributed by atoms with Crippen LogP contribution in [0, 0.1) is 0 Å². The molecule has 3 aromatic rings. The van der Waals surface area contributed by atoms with Crippen LogP contribution in [-0.2, 0) is 5.54 Å². The highest BCUT2D eigenvalue weighted by atomic mass is 16.4. The Bertz CT molecular complexity index is 1180. The molecule has 154 valence electrons. The third-order valence-electron chi connectivity index (χ3n) is 6.44. The molecule has 1 atom stereocenters. The fourth-order valence-corrected chi connectivity index (χ4v) is 4.51. The van der Waals surface area contributed by atoms with Crippen molar-refractivity contribution in [3.63, 3.8) is 0 Å². The van der Waals surface area contributed by atoms with Gasteiger partial charge in [-0.3, -0.25) is 9.48 Å². The molecule has 8 nitrogen and oxygen atoms in total. The molecule has 1 fully saturated rings. The molecule has 0 aliphatic carbocycles. The number of likely N-dealkylation sites (tertiary alicyclic amines) is 1. The Hall–Kier alpha value is -3.39. The second-order valence-corrected chi connectivity index (χ2v) is 8.27. The van der Waals surface area contributed by atoms with Gasteiger partial charge in [0.25, 0.3) is 5.91 Å². The van der Waals surface area contributed by atoms with Crippen LogP contribution in [-0.4, -0.2) is 50.0 Å². The summed E-state index contributed by atoms with van der Waals surface area (Å²) in [6.45, 7) is 2.98. The van der Waals surface area contributed by atoms with E-state index in [1.165, 1.54) is 4.90 Å². The SMILES string of the molecule is CC1(n2cc(C(O)c3ccc4c5c(cccc35)C(=O)N4)cn2)CCN(C(=O)O)CC1. The highest BCUT2D eigenvalue weighted by molar-refractivity contribution is 6.24. The van der Waals surface area contributed by atoms with E-state index in [0.717, 1.165) is 22.0 Å². The standard InChI is InChI=1S/C22H22N4O4/c1-22(7-9-25(10-8-22)21(29)30)26-12-13(11-23-26)19(27)15-5-6-17-18-14(15)3-2-4-16(18)20(28)24-17/h2-6,11-12,19,27H,7-10H2,1H3,(H,24,28)(H,29,30). The molecule has 2 aromatic carbocycles. The Morgan fingerprint density at radius 3 is 2.73 bits per heavy atom. The zero-order valence-electron chi connectivity index (χ0n) is 16.5. The minimum absolute atomic E-state index is 0.129. The lowest BCUT2D eigenvalue weighted by atomic mass is 9.90. The van der Waals surface area contributed by atoms with Crippen LogP contribution in [0.4, 0.5) is 10.5 Å². The normalized spacial score (nSPS) is 18.5. The highest BCUT2D eigenvalue weighted by Crippen LogP contribution is 2.39. The number of hydrogen-bond acceptors (Lipinski definition) is 4. The average Bonchev–Trinajstić information content (AvgIpc) is 3.35. The quantitative estimate of drug-likeness (QED) is 0.619. The predicted molar refractivity (Wildman–Crippen MR) is 111 cm³/mol. The van der Waals surface area contributed by atoms with Crippen LogP contribution in [0.15, 0.2) is 42.7 Å². The van der Waals surface area contributed by atoms with E-state index in [1.807, 2.05) is 35.1 Å². The lowest BCUT2D eigenvalue weighted by Gasteiger charge is -2.38. The third kappa shape index (κ3) is 2.75. The summed E-state index contributed by atoms with van der Waals surface area (Å²) in [5.41, 5.74) is 2.45. The van der Waals surface area contributed by atoms with E-state index in [1.54, 1.807) is 12.3 Å². The topological polar surface area (TPSA) is 108 Å². The molecular weight excluding hydrogens is 384 g/mol. The van der Waals surface area contributed by atoms with Crippen LogP contribution in [0.3, 0.4) is 0 Å². The number of carbonyl (C=O) groups excluding carboxylic acids is 1. The van der Waals surface area contributed by atoms with Crippen LogP contribution < -0.4 is 5.32 Å². The first-order valence-corrected chi connectivity index (χ1v) is 9.95. The van der Waals surface area contributed by atoms with Crippen molar-refractivity contribution in [1.82, 2.24) is 14.7 Å². The Morgan fingerprint density at radius 2 is 2.00 bits per heavy atom. The maximum atomic E-state index is 12.1. The van der Waals surface area contributed by atoms with Crippen molar-refractivity contribution in [2.24, 2.45) is 0 Å². The van der Waals surface area contributed by atoms with Gasteiger partial charge in [0.1, 0.15) is 6.10 Å². The first kappa shape index (κ1) is 18.6. The molecule has 1 unspecified atom stereocenters. The molecule has 2 aliphatic heterocycles. The van der Waals surface area contributed by atoms with Crippen molar-refractivity contribution in [2.45, 2.75) is 31.4 Å². The Balaban J connectivity index is 1.46. The Kier molecular flexibility index (Phi) is 4.08. The minimum Gasteiger partial charge on any atom is -0.465 e. The van der Waals surface area contributed by atoms with Crippen molar-refractivity contribution >= 4 is 28.5 Å². The van der Waals surface area contributed by atoms with E-state index in [9.17, 15) is 19.8 Å². The summed E-state index contributed by atoms with van der Waals surface area (Å²) in [6, 6.07) is 9.18. The molecule has 30 heavy (non-hydrogen) atoms. The molecule has 0 bridgehead atoms. The van der Waals surface area contributed by atoms with Gasteiger partial charge in [0.2, 0.25) is 0 Å². The fourth-order valence-electron chi connectivity index (χ4n) is 4.51. The number of rotatable bonds is 3. The Morgan fingerprint density at radius 1 is 1.23 bits per heavy atom. The summed E-state index contributed by atoms with van der Waals surface area (Å²) in [5, 5.41) is 29.3. The van der Waals surface area contributed by atoms with Gasteiger partial charge in [-0.2, -0.15) is 5.10 Å². The lowest BCUT2D eigenvalue weighted by molar-refractivity contribution is 0.0953. The number of amides is 2. The van der Waals surface area contributed by atoms with E-state index in [2.05, 4.69) is 17.3 Å². The summed E-state index contributed by atoms with van der Waals surface area (Å²) in [6.07, 6.45) is 3.03. The Labute approximate surface area is 172 Å². The van der Waals surface area contributed by atoms with Gasteiger partial charge in [-0.15, -0.1) is 0 Å². The molecular formula is C22H22N4O4. The number of nitrogens with one attached hydrogen (secondary N) is 1. The second kappa shape index (κ2) is 6.56. The maximum absolute atomic E-state index is 12.1. The largest absolute Gasteiger partial charge is 0.465 e. The molecule has 0 spiro atoms. The molecule has 1 saturated heterocycles. The third-order valence-corrected chi connectivity index (χ3v) is 6.44. The summed E-state index contributed by atoms with van der Waals surface area (Å²) < 4.78 is 1.84. The molecule has 3 N–H and O–H groups in total. The zero-order chi connectivity index (χ0) is 21.0. The number of piperidine rings is 1. The number of aromatic nitrogens is 2. The minimum atomic E-state index is -0.895. The van der Waals surface area contributed by atoms with E-state index in [-0.39, 0.29) is 11.4 Å². The van der Waals surface area contributed by atoms with Crippen molar-refractivity contribution in [3.8, 4) is 0 Å². The van der Waals surface area contributed by atoms with Crippen LogP contribution in [0.25, 0.3) is 10.8 Å². The molecule has 0 saturated carbocycles. The van der Waals surface area contributed by atoms with E-state index < -0.39 is 12.2 Å². The molecule has 5 rings (SSSR count). The van der Waals surface area contributed by atoms with Gasteiger partial charge in [0, 0.05) is 41.5 Å². The first-order valence-electron chi connectivity index (χ1n) is 9.95. The number of nitrogens with zero attached hydrogens (tertiary/aromatic N) is 3. The lowest BCUT2D eigenvalue weighted by Crippen LogP contribution is -2.46. The molecule has 2 aliphatic rings. The molecule has 0 radical (unpaired) electrons. The fraction of sp³-hybridized carbons (Fsp3) is 0.318. The highest BCUT2D eigenvalue weighted by Gasteiger charge is 2.34. The van der Waals surface area contributed by atoms with Gasteiger partial charge >= 0.3 is 6.09 Å². The van der Waals surface area contributed by atoms with E-state index >= 15 is 0 Å². The van der Waals surface area contributed by atoms with Crippen LogP contribution >= 0.6 is 0 Å². The number of carboxylic acid groups (broad SMARTS) is 1. The number of benzene rings is 2. The number of aliphatic hydroxyl groups is 1. The number of hydrogen-bond donors (Lipinski definition) is 3. The van der Waals surface area contributed by atoms with E-state index in [4.69, 9.17) is 0 Å². The zero-order valence-corrected chi connectivity index (χ0v) is 16.5. The molecule has 3 heterocycles. The van der Waals surface area contributed by atoms with Gasteiger partial charge in [-0.05, 0) is 42.8 Å². The van der Waals surface area contributed by atoms with Gasteiger partial charge in [-0.25, -0.2) is 4.79 Å². The second-order valence-electron chi connectivity index (χ2n) is 8.27. The smallest absolute Gasteiger partial charge is 0.407 e. The number of carbonyl (C=O) groups is 2. The van der Waals surface area contributed by atoms with Crippen LogP contribution in [0.1, 0.15) is 47.4 Å². The molecule has 8 heteroatoms. The predicted octanol–water partition coefficient (Wildman–Crippen LogP) is 3.17. The van der Waals surface area contributed by atoms with Crippen LogP contribution in [0.2, 0.25) is 0 Å². The summed E-state index contributed by atoms with van der Waals surface area (Å²) in [5.74, 6) is -0.129. The summed E-state index contributed by atoms with van der Waals surface area (Å²) >= 11 is 0. The molecule has 2 amide bonds.